The molecule has 0 radical (unpaired) electrons. The van der Waals surface area contributed by atoms with Crippen molar-refractivity contribution >= 4 is 11.8 Å². The predicted molar refractivity (Wildman–Crippen MR) is 62.6 cm³/mol. The van der Waals surface area contributed by atoms with E-state index in [9.17, 15) is 18.0 Å². The molecule has 1 aromatic heterocycles. The lowest BCUT2D eigenvalue weighted by molar-refractivity contribution is -0.141. The van der Waals surface area contributed by atoms with E-state index in [4.69, 9.17) is 14.9 Å². The molecular weight excluding hydrogens is 281 g/mol. The molecule has 1 heterocycles. The Hall–Kier alpha value is -1.87. The van der Waals surface area contributed by atoms with E-state index < -0.39 is 41.9 Å². The minimum atomic E-state index is -4.69. The molecule has 0 saturated heterocycles. The maximum absolute atomic E-state index is 12.6. The van der Waals surface area contributed by atoms with Crippen molar-refractivity contribution in [1.82, 2.24) is 4.98 Å². The molecule has 1 aromatic rings. The van der Waals surface area contributed by atoms with Crippen LogP contribution in [-0.4, -0.2) is 47.5 Å². The summed E-state index contributed by atoms with van der Waals surface area (Å²) in [6, 6.07) is 0.620. The van der Waals surface area contributed by atoms with Gasteiger partial charge in [0.2, 0.25) is 0 Å². The summed E-state index contributed by atoms with van der Waals surface area (Å²) in [5, 5.41) is 20.4. The second-order valence-corrected chi connectivity index (χ2v) is 3.87. The average molecular weight is 294 g/mol. The molecule has 20 heavy (non-hydrogen) atoms. The molecule has 1 atom stereocenters. The molecule has 0 fully saturated rings. The number of ether oxygens (including phenoxy) is 1. The number of pyridine rings is 1. The fourth-order valence-corrected chi connectivity index (χ4v) is 1.43. The van der Waals surface area contributed by atoms with Crippen LogP contribution in [0.1, 0.15) is 16.1 Å². The van der Waals surface area contributed by atoms with Crippen LogP contribution < -0.4 is 5.32 Å². The van der Waals surface area contributed by atoms with Crippen LogP contribution in [0.25, 0.3) is 0 Å². The number of carbonyl (C=O) groups is 1. The third-order valence-corrected chi connectivity index (χ3v) is 2.35. The highest BCUT2D eigenvalue weighted by Crippen LogP contribution is 2.29. The number of aromatic carboxylic acids is 1. The first-order valence-corrected chi connectivity index (χ1v) is 5.47. The fourth-order valence-electron chi connectivity index (χ4n) is 1.43. The minimum Gasteiger partial charge on any atom is -0.478 e. The van der Waals surface area contributed by atoms with Crippen LogP contribution in [0, 0.1) is 0 Å². The molecule has 3 N–H and O–H groups in total. The molecular formula is C11H13F3N2O4. The van der Waals surface area contributed by atoms with Gasteiger partial charge in [-0.05, 0) is 12.1 Å². The Labute approximate surface area is 112 Å². The van der Waals surface area contributed by atoms with Crippen molar-refractivity contribution in [3.63, 3.8) is 0 Å². The zero-order chi connectivity index (χ0) is 15.3. The lowest BCUT2D eigenvalue weighted by Gasteiger charge is -2.18. The zero-order valence-electron chi connectivity index (χ0n) is 10.4. The van der Waals surface area contributed by atoms with E-state index in [0.717, 1.165) is 6.07 Å². The summed E-state index contributed by atoms with van der Waals surface area (Å²) in [6.45, 7) is -0.474. The summed E-state index contributed by atoms with van der Waals surface area (Å²) in [7, 11) is 1.34. The normalized spacial score (nSPS) is 13.1. The maximum atomic E-state index is 12.6. The second kappa shape index (κ2) is 6.53. The van der Waals surface area contributed by atoms with Crippen molar-refractivity contribution in [2.75, 3.05) is 25.6 Å². The summed E-state index contributed by atoms with van der Waals surface area (Å²) in [5.74, 6) is -1.90. The molecule has 0 aliphatic heterocycles. The number of nitrogens with zero attached hydrogens (tertiary/aromatic N) is 1. The number of aliphatic hydroxyl groups is 1. The Kier molecular flexibility index (Phi) is 5.28. The van der Waals surface area contributed by atoms with Crippen LogP contribution in [0.4, 0.5) is 19.0 Å². The van der Waals surface area contributed by atoms with Gasteiger partial charge in [-0.15, -0.1) is 0 Å². The van der Waals surface area contributed by atoms with Crippen molar-refractivity contribution in [1.29, 1.82) is 0 Å². The van der Waals surface area contributed by atoms with E-state index in [1.807, 2.05) is 0 Å². The number of halogens is 3. The van der Waals surface area contributed by atoms with Gasteiger partial charge in [-0.3, -0.25) is 0 Å². The number of carboxylic acid groups (broad SMARTS) is 1. The third kappa shape index (κ3) is 4.07. The van der Waals surface area contributed by atoms with Crippen molar-refractivity contribution in [3.8, 4) is 0 Å². The Bertz CT molecular complexity index is 479. The topological polar surface area (TPSA) is 91.7 Å². The van der Waals surface area contributed by atoms with Crippen molar-refractivity contribution in [2.45, 2.75) is 12.2 Å². The summed E-state index contributed by atoms with van der Waals surface area (Å²) in [5.41, 5.74) is -1.65. The van der Waals surface area contributed by atoms with Gasteiger partial charge < -0.3 is 20.3 Å². The largest absolute Gasteiger partial charge is 0.478 e. The smallest absolute Gasteiger partial charge is 0.433 e. The number of anilines is 1. The second-order valence-electron chi connectivity index (χ2n) is 3.87. The Morgan fingerprint density at radius 1 is 1.50 bits per heavy atom. The first-order valence-electron chi connectivity index (χ1n) is 5.47. The van der Waals surface area contributed by atoms with Gasteiger partial charge in [0.15, 0.2) is 0 Å². The van der Waals surface area contributed by atoms with E-state index in [2.05, 4.69) is 10.3 Å². The van der Waals surface area contributed by atoms with Crippen molar-refractivity contribution < 1.29 is 32.9 Å². The van der Waals surface area contributed by atoms with Crippen LogP contribution in [0.5, 0.6) is 0 Å². The average Bonchev–Trinajstić information content (AvgIpc) is 2.36. The van der Waals surface area contributed by atoms with Gasteiger partial charge in [0.1, 0.15) is 17.1 Å². The van der Waals surface area contributed by atoms with Crippen molar-refractivity contribution in [3.05, 3.63) is 23.4 Å². The Balaban J connectivity index is 3.15. The highest BCUT2D eigenvalue weighted by Gasteiger charge is 2.33. The summed E-state index contributed by atoms with van der Waals surface area (Å²) >= 11 is 0. The predicted octanol–water partition coefficient (Wildman–Crippen LogP) is 1.22. The van der Waals surface area contributed by atoms with Crippen LogP contribution in [0.15, 0.2) is 12.1 Å². The highest BCUT2D eigenvalue weighted by molar-refractivity contribution is 5.93. The van der Waals surface area contributed by atoms with Gasteiger partial charge in [-0.25, -0.2) is 9.78 Å². The number of rotatable bonds is 6. The number of hydrogen-bond acceptors (Lipinski definition) is 5. The van der Waals surface area contributed by atoms with Crippen LogP contribution in [0.2, 0.25) is 0 Å². The molecule has 9 heteroatoms. The van der Waals surface area contributed by atoms with Gasteiger partial charge in [-0.1, -0.05) is 0 Å². The summed E-state index contributed by atoms with van der Waals surface area (Å²) in [6.07, 6.45) is -4.69. The SMILES string of the molecule is COCC(CO)Nc1nc(C(F)(F)F)ccc1C(=O)O. The Morgan fingerprint density at radius 2 is 2.15 bits per heavy atom. The highest BCUT2D eigenvalue weighted by atomic mass is 19.4. The first kappa shape index (κ1) is 16.2. The zero-order valence-corrected chi connectivity index (χ0v) is 10.4. The molecule has 0 spiro atoms. The van der Waals surface area contributed by atoms with E-state index >= 15 is 0 Å². The van der Waals surface area contributed by atoms with Crippen LogP contribution in [0.3, 0.4) is 0 Å². The summed E-state index contributed by atoms with van der Waals surface area (Å²) < 4.78 is 42.4. The van der Waals surface area contributed by atoms with Crippen LogP contribution in [-0.2, 0) is 10.9 Å². The fraction of sp³-hybridized carbons (Fsp3) is 0.455. The van der Waals surface area contributed by atoms with E-state index in [0.29, 0.717) is 6.07 Å². The van der Waals surface area contributed by atoms with Gasteiger partial charge in [0, 0.05) is 7.11 Å². The lowest BCUT2D eigenvalue weighted by atomic mass is 10.2. The first-order chi connectivity index (χ1) is 9.29. The monoisotopic (exact) mass is 294 g/mol. The molecule has 0 saturated carbocycles. The number of carboxylic acids is 1. The number of aromatic nitrogens is 1. The molecule has 1 rings (SSSR count). The standard InChI is InChI=1S/C11H13F3N2O4/c1-20-5-6(4-17)15-9-7(10(18)19)2-3-8(16-9)11(12,13)14/h2-3,6,17H,4-5H2,1H3,(H,15,16)(H,18,19). The van der Waals surface area contributed by atoms with Gasteiger partial charge in [0.05, 0.1) is 19.3 Å². The lowest BCUT2D eigenvalue weighted by Crippen LogP contribution is -2.30. The van der Waals surface area contributed by atoms with E-state index in [1.165, 1.54) is 7.11 Å². The molecule has 0 aliphatic rings. The number of hydrogen-bond donors (Lipinski definition) is 3. The van der Waals surface area contributed by atoms with E-state index in [1.54, 1.807) is 0 Å². The number of alkyl halides is 3. The molecule has 0 aliphatic carbocycles. The molecule has 1 unspecified atom stereocenters. The number of nitrogens with one attached hydrogen (secondary N) is 1. The van der Waals surface area contributed by atoms with Gasteiger partial charge in [-0.2, -0.15) is 13.2 Å². The van der Waals surface area contributed by atoms with Crippen LogP contribution >= 0.6 is 0 Å². The molecule has 112 valence electrons. The number of methoxy groups -OCH3 is 1. The molecule has 0 aromatic carbocycles. The van der Waals surface area contributed by atoms with Gasteiger partial charge >= 0.3 is 12.1 Å². The summed E-state index contributed by atoms with van der Waals surface area (Å²) in [4.78, 5) is 14.2. The maximum Gasteiger partial charge on any atom is 0.433 e. The minimum absolute atomic E-state index is 0.0204. The Morgan fingerprint density at radius 3 is 2.60 bits per heavy atom. The number of aliphatic hydroxyl groups excluding tert-OH is 1. The van der Waals surface area contributed by atoms with E-state index in [-0.39, 0.29) is 6.61 Å². The molecule has 0 bridgehead atoms. The van der Waals surface area contributed by atoms with Gasteiger partial charge in [0.25, 0.3) is 0 Å². The quantitative estimate of drug-likeness (QED) is 0.730. The van der Waals surface area contributed by atoms with Crippen molar-refractivity contribution in [2.24, 2.45) is 0 Å². The molecule has 6 nitrogen and oxygen atoms in total. The third-order valence-electron chi connectivity index (χ3n) is 2.35. The molecule has 0 amide bonds.